The van der Waals surface area contributed by atoms with E-state index in [9.17, 15) is 14.4 Å². The van der Waals surface area contributed by atoms with Crippen LogP contribution in [0.1, 0.15) is 5.56 Å². The van der Waals surface area contributed by atoms with Gasteiger partial charge < -0.3 is 14.7 Å². The molecule has 0 fully saturated rings. The molecule has 0 saturated heterocycles. The van der Waals surface area contributed by atoms with Gasteiger partial charge in [0.05, 0.1) is 7.11 Å². The number of benzene rings is 1. The lowest BCUT2D eigenvalue weighted by molar-refractivity contribution is -0.131. The SMILES string of the molecule is COc1ccc(CN(C)C(=O)NC(=O)C=CC(=O)O)cc1. The van der Waals surface area contributed by atoms with Crippen molar-refractivity contribution in [3.05, 3.63) is 42.0 Å². The maximum atomic E-state index is 11.7. The third-order valence-corrected chi connectivity index (χ3v) is 2.53. The van der Waals surface area contributed by atoms with Gasteiger partial charge in [0, 0.05) is 25.7 Å². The predicted octanol–water partition coefficient (Wildman–Crippen LogP) is 1.00. The standard InChI is InChI=1S/C14H16N2O5/c1-16(9-10-3-5-11(21-2)6-4-10)14(20)15-12(17)7-8-13(18)19/h3-8H,9H2,1-2H3,(H,18,19)(H,15,17,20). The van der Waals surface area contributed by atoms with Gasteiger partial charge in [0.2, 0.25) is 0 Å². The monoisotopic (exact) mass is 292 g/mol. The number of imide groups is 1. The van der Waals surface area contributed by atoms with Crippen molar-refractivity contribution in [2.75, 3.05) is 14.2 Å². The molecule has 0 heterocycles. The van der Waals surface area contributed by atoms with E-state index in [0.717, 1.165) is 11.6 Å². The molecule has 1 aromatic rings. The van der Waals surface area contributed by atoms with Crippen molar-refractivity contribution in [2.24, 2.45) is 0 Å². The van der Waals surface area contributed by atoms with Crippen LogP contribution in [0, 0.1) is 0 Å². The Balaban J connectivity index is 2.53. The molecule has 0 aliphatic carbocycles. The molecule has 0 aromatic heterocycles. The molecule has 0 radical (unpaired) electrons. The maximum Gasteiger partial charge on any atom is 0.328 e. The highest BCUT2D eigenvalue weighted by Gasteiger charge is 2.11. The predicted molar refractivity (Wildman–Crippen MR) is 74.8 cm³/mol. The molecule has 0 aliphatic heterocycles. The minimum Gasteiger partial charge on any atom is -0.497 e. The lowest BCUT2D eigenvalue weighted by Crippen LogP contribution is -2.39. The normalized spacial score (nSPS) is 10.2. The number of aliphatic carboxylic acids is 1. The van der Waals surface area contributed by atoms with Gasteiger partial charge in [-0.15, -0.1) is 0 Å². The van der Waals surface area contributed by atoms with Crippen LogP contribution in [0.15, 0.2) is 36.4 Å². The second kappa shape index (κ2) is 7.68. The fourth-order valence-electron chi connectivity index (χ4n) is 1.47. The molecule has 21 heavy (non-hydrogen) atoms. The molecule has 0 saturated carbocycles. The van der Waals surface area contributed by atoms with Gasteiger partial charge in [-0.1, -0.05) is 12.1 Å². The van der Waals surface area contributed by atoms with Gasteiger partial charge >= 0.3 is 12.0 Å². The largest absolute Gasteiger partial charge is 0.497 e. The Labute approximate surface area is 121 Å². The Kier molecular flexibility index (Phi) is 5.94. The Hall–Kier alpha value is -2.83. The van der Waals surface area contributed by atoms with Gasteiger partial charge in [0.1, 0.15) is 5.75 Å². The first kappa shape index (κ1) is 16.2. The van der Waals surface area contributed by atoms with Crippen LogP contribution in [-0.2, 0) is 16.1 Å². The second-order valence-electron chi connectivity index (χ2n) is 4.17. The third-order valence-electron chi connectivity index (χ3n) is 2.53. The quantitative estimate of drug-likeness (QED) is 0.789. The van der Waals surface area contributed by atoms with Crippen molar-refractivity contribution in [3.8, 4) is 5.75 Å². The summed E-state index contributed by atoms with van der Waals surface area (Å²) < 4.78 is 5.03. The summed E-state index contributed by atoms with van der Waals surface area (Å²) in [5, 5.41) is 10.4. The van der Waals surface area contributed by atoms with Crippen LogP contribution >= 0.6 is 0 Å². The first-order valence-corrected chi connectivity index (χ1v) is 6.02. The molecule has 1 rings (SSSR count). The number of amides is 3. The fraction of sp³-hybridized carbons (Fsp3) is 0.214. The van der Waals surface area contributed by atoms with Crippen LogP contribution < -0.4 is 10.1 Å². The lowest BCUT2D eigenvalue weighted by atomic mass is 10.2. The molecular formula is C14H16N2O5. The number of rotatable bonds is 5. The molecule has 0 atom stereocenters. The van der Waals surface area contributed by atoms with Gasteiger partial charge in [0.25, 0.3) is 5.91 Å². The van der Waals surface area contributed by atoms with Crippen molar-refractivity contribution < 1.29 is 24.2 Å². The summed E-state index contributed by atoms with van der Waals surface area (Å²) in [5.41, 5.74) is 0.863. The summed E-state index contributed by atoms with van der Waals surface area (Å²) in [6.07, 6.45) is 1.44. The molecule has 0 spiro atoms. The zero-order chi connectivity index (χ0) is 15.8. The Morgan fingerprint density at radius 2 is 1.86 bits per heavy atom. The number of nitrogens with zero attached hydrogens (tertiary/aromatic N) is 1. The van der Waals surface area contributed by atoms with Crippen LogP contribution in [0.3, 0.4) is 0 Å². The highest BCUT2D eigenvalue weighted by Crippen LogP contribution is 2.12. The minimum atomic E-state index is -1.26. The van der Waals surface area contributed by atoms with E-state index >= 15 is 0 Å². The Morgan fingerprint density at radius 1 is 1.24 bits per heavy atom. The first-order valence-electron chi connectivity index (χ1n) is 6.02. The average molecular weight is 292 g/mol. The second-order valence-corrected chi connectivity index (χ2v) is 4.17. The van der Waals surface area contributed by atoms with E-state index in [1.165, 1.54) is 11.9 Å². The average Bonchev–Trinajstić information content (AvgIpc) is 2.45. The van der Waals surface area contributed by atoms with E-state index in [2.05, 4.69) is 5.32 Å². The summed E-state index contributed by atoms with van der Waals surface area (Å²) in [6, 6.07) is 6.51. The lowest BCUT2D eigenvalue weighted by Gasteiger charge is -2.17. The summed E-state index contributed by atoms with van der Waals surface area (Å²) in [4.78, 5) is 34.5. The number of nitrogens with one attached hydrogen (secondary N) is 1. The van der Waals surface area contributed by atoms with Crippen LogP contribution in [-0.4, -0.2) is 42.1 Å². The van der Waals surface area contributed by atoms with Crippen molar-refractivity contribution in [3.63, 3.8) is 0 Å². The van der Waals surface area contributed by atoms with Crippen molar-refractivity contribution in [2.45, 2.75) is 6.54 Å². The number of carbonyl (C=O) groups excluding carboxylic acids is 2. The van der Waals surface area contributed by atoms with Gasteiger partial charge in [-0.25, -0.2) is 9.59 Å². The molecule has 2 N–H and O–H groups in total. The summed E-state index contributed by atoms with van der Waals surface area (Å²) in [5.74, 6) is -1.34. The van der Waals surface area contributed by atoms with Crippen LogP contribution in [0.25, 0.3) is 0 Å². The van der Waals surface area contributed by atoms with Crippen LogP contribution in [0.2, 0.25) is 0 Å². The van der Waals surface area contributed by atoms with E-state index < -0.39 is 17.9 Å². The number of carboxylic acid groups (broad SMARTS) is 1. The van der Waals surface area contributed by atoms with Crippen LogP contribution in [0.5, 0.6) is 5.75 Å². The fourth-order valence-corrected chi connectivity index (χ4v) is 1.47. The number of carboxylic acids is 1. The number of methoxy groups -OCH3 is 1. The molecule has 0 aliphatic rings. The Bertz CT molecular complexity index is 551. The number of urea groups is 1. The molecule has 0 bridgehead atoms. The number of hydrogen-bond acceptors (Lipinski definition) is 4. The van der Waals surface area contributed by atoms with Crippen molar-refractivity contribution in [1.82, 2.24) is 10.2 Å². The minimum absolute atomic E-state index is 0.297. The van der Waals surface area contributed by atoms with Gasteiger partial charge in [-0.2, -0.15) is 0 Å². The summed E-state index contributed by atoms with van der Waals surface area (Å²) in [6.45, 7) is 0.297. The summed E-state index contributed by atoms with van der Waals surface area (Å²) >= 11 is 0. The zero-order valence-electron chi connectivity index (χ0n) is 11.7. The molecular weight excluding hydrogens is 276 g/mol. The highest BCUT2D eigenvalue weighted by atomic mass is 16.5. The van der Waals surface area contributed by atoms with Gasteiger partial charge in [-0.3, -0.25) is 10.1 Å². The number of hydrogen-bond donors (Lipinski definition) is 2. The van der Waals surface area contributed by atoms with Crippen molar-refractivity contribution in [1.29, 1.82) is 0 Å². The molecule has 7 nitrogen and oxygen atoms in total. The molecule has 7 heteroatoms. The van der Waals surface area contributed by atoms with E-state index in [-0.39, 0.29) is 0 Å². The molecule has 3 amide bonds. The maximum absolute atomic E-state index is 11.7. The number of carbonyl (C=O) groups is 3. The van der Waals surface area contributed by atoms with E-state index in [0.29, 0.717) is 18.4 Å². The molecule has 112 valence electrons. The van der Waals surface area contributed by atoms with Gasteiger partial charge in [0.15, 0.2) is 0 Å². The summed E-state index contributed by atoms with van der Waals surface area (Å²) in [7, 11) is 3.08. The Morgan fingerprint density at radius 3 is 2.38 bits per heavy atom. The van der Waals surface area contributed by atoms with Crippen LogP contribution in [0.4, 0.5) is 4.79 Å². The number of ether oxygens (including phenoxy) is 1. The smallest absolute Gasteiger partial charge is 0.328 e. The topological polar surface area (TPSA) is 95.9 Å². The molecule has 0 unspecified atom stereocenters. The highest BCUT2D eigenvalue weighted by molar-refractivity contribution is 6.02. The van der Waals surface area contributed by atoms with E-state index in [1.807, 2.05) is 0 Å². The van der Waals surface area contributed by atoms with E-state index in [1.54, 1.807) is 31.4 Å². The third kappa shape index (κ3) is 5.77. The van der Waals surface area contributed by atoms with Gasteiger partial charge in [-0.05, 0) is 17.7 Å². The zero-order valence-corrected chi connectivity index (χ0v) is 11.7. The van der Waals surface area contributed by atoms with E-state index in [4.69, 9.17) is 9.84 Å². The first-order chi connectivity index (χ1) is 9.92. The molecule has 1 aromatic carbocycles. The van der Waals surface area contributed by atoms with Crippen molar-refractivity contribution >= 4 is 17.9 Å².